The zero-order chi connectivity index (χ0) is 14.8. The van der Waals surface area contributed by atoms with Gasteiger partial charge in [0.15, 0.2) is 9.84 Å². The molecular formula is C14H13NO4S. The zero-order valence-electron chi connectivity index (χ0n) is 10.8. The molecule has 0 bridgehead atoms. The van der Waals surface area contributed by atoms with E-state index in [4.69, 9.17) is 0 Å². The molecule has 0 radical (unpaired) electrons. The summed E-state index contributed by atoms with van der Waals surface area (Å²) in [5.74, 6) is -0.250. The molecule has 0 unspecified atom stereocenters. The standard InChI is InChI=1S/C14H13NO4S/c1-11-5-2-3-8-14(11)20(18,19)10-12-6-4-7-13(9-12)15(16)17/h2-9H,10H2,1H3. The molecule has 104 valence electrons. The number of nitrogens with zero attached hydrogens (tertiary/aromatic N) is 1. The number of hydrogen-bond donors (Lipinski definition) is 0. The van der Waals surface area contributed by atoms with Crippen LogP contribution in [0.1, 0.15) is 11.1 Å². The van der Waals surface area contributed by atoms with Gasteiger partial charge in [0.05, 0.1) is 15.6 Å². The second-order valence-electron chi connectivity index (χ2n) is 4.45. The Kier molecular flexibility index (Phi) is 3.85. The number of hydrogen-bond acceptors (Lipinski definition) is 4. The van der Waals surface area contributed by atoms with Crippen molar-refractivity contribution in [3.8, 4) is 0 Å². The van der Waals surface area contributed by atoms with Gasteiger partial charge >= 0.3 is 0 Å². The van der Waals surface area contributed by atoms with Gasteiger partial charge in [0.25, 0.3) is 5.69 Å². The van der Waals surface area contributed by atoms with E-state index in [1.807, 2.05) is 0 Å². The number of benzene rings is 2. The lowest BCUT2D eigenvalue weighted by atomic mass is 10.2. The molecule has 0 atom stereocenters. The molecule has 2 aromatic carbocycles. The molecule has 2 aromatic rings. The summed E-state index contributed by atoms with van der Waals surface area (Å²) in [6.45, 7) is 1.72. The Hall–Kier alpha value is -2.21. The second-order valence-corrected chi connectivity index (χ2v) is 6.41. The number of rotatable bonds is 4. The Balaban J connectivity index is 2.36. The Morgan fingerprint density at radius 2 is 1.80 bits per heavy atom. The minimum atomic E-state index is -3.51. The lowest BCUT2D eigenvalue weighted by Crippen LogP contribution is -2.07. The molecule has 0 aliphatic rings. The number of non-ortho nitro benzene ring substituents is 1. The first-order chi connectivity index (χ1) is 9.40. The van der Waals surface area contributed by atoms with Gasteiger partial charge in [-0.15, -0.1) is 0 Å². The zero-order valence-corrected chi connectivity index (χ0v) is 11.6. The van der Waals surface area contributed by atoms with E-state index in [9.17, 15) is 18.5 Å². The number of nitro benzene ring substituents is 1. The molecule has 0 aliphatic heterocycles. The third-order valence-corrected chi connectivity index (χ3v) is 4.75. The Bertz CT molecular complexity index is 753. The van der Waals surface area contributed by atoms with Crippen molar-refractivity contribution in [3.63, 3.8) is 0 Å². The van der Waals surface area contributed by atoms with Crippen LogP contribution in [-0.4, -0.2) is 13.3 Å². The van der Waals surface area contributed by atoms with Crippen LogP contribution in [0.2, 0.25) is 0 Å². The first kappa shape index (κ1) is 14.2. The van der Waals surface area contributed by atoms with Crippen molar-refractivity contribution < 1.29 is 13.3 Å². The number of aryl methyl sites for hydroxylation is 1. The summed E-state index contributed by atoms with van der Waals surface area (Å²) in [6, 6.07) is 12.4. The average molecular weight is 291 g/mol. The highest BCUT2D eigenvalue weighted by atomic mass is 32.2. The van der Waals surface area contributed by atoms with Gasteiger partial charge in [0.1, 0.15) is 0 Å². The molecule has 2 rings (SSSR count). The summed E-state index contributed by atoms with van der Waals surface area (Å²) in [5, 5.41) is 10.7. The number of nitro groups is 1. The monoisotopic (exact) mass is 291 g/mol. The van der Waals surface area contributed by atoms with E-state index in [2.05, 4.69) is 0 Å². The molecule has 0 spiro atoms. The van der Waals surface area contributed by atoms with Crippen molar-refractivity contribution in [2.75, 3.05) is 0 Å². The van der Waals surface area contributed by atoms with Gasteiger partial charge < -0.3 is 0 Å². The van der Waals surface area contributed by atoms with Gasteiger partial charge in [0.2, 0.25) is 0 Å². The van der Waals surface area contributed by atoms with E-state index >= 15 is 0 Å². The Morgan fingerprint density at radius 1 is 1.10 bits per heavy atom. The van der Waals surface area contributed by atoms with Crippen LogP contribution in [0, 0.1) is 17.0 Å². The Morgan fingerprint density at radius 3 is 2.45 bits per heavy atom. The topological polar surface area (TPSA) is 77.3 Å². The van der Waals surface area contributed by atoms with E-state index in [1.165, 1.54) is 18.2 Å². The summed E-state index contributed by atoms with van der Waals surface area (Å²) in [4.78, 5) is 10.4. The largest absolute Gasteiger partial charge is 0.269 e. The quantitative estimate of drug-likeness (QED) is 0.641. The van der Waals surface area contributed by atoms with Crippen LogP contribution >= 0.6 is 0 Å². The minimum Gasteiger partial charge on any atom is -0.258 e. The molecule has 5 nitrogen and oxygen atoms in total. The normalized spacial score (nSPS) is 11.2. The van der Waals surface area contributed by atoms with Gasteiger partial charge in [-0.3, -0.25) is 10.1 Å². The summed E-state index contributed by atoms with van der Waals surface area (Å²) >= 11 is 0. The van der Waals surface area contributed by atoms with E-state index in [1.54, 1.807) is 37.3 Å². The molecular weight excluding hydrogens is 278 g/mol. The average Bonchev–Trinajstić information content (AvgIpc) is 2.38. The predicted molar refractivity (Wildman–Crippen MR) is 75.2 cm³/mol. The molecule has 20 heavy (non-hydrogen) atoms. The summed E-state index contributed by atoms with van der Waals surface area (Å²) in [7, 11) is -3.51. The molecule has 0 heterocycles. The summed E-state index contributed by atoms with van der Waals surface area (Å²) < 4.78 is 24.7. The number of sulfone groups is 1. The molecule has 0 aliphatic carbocycles. The third kappa shape index (κ3) is 3.03. The fraction of sp³-hybridized carbons (Fsp3) is 0.143. The van der Waals surface area contributed by atoms with Gasteiger partial charge in [-0.1, -0.05) is 30.3 Å². The first-order valence-electron chi connectivity index (χ1n) is 5.92. The highest BCUT2D eigenvalue weighted by molar-refractivity contribution is 7.90. The lowest BCUT2D eigenvalue weighted by molar-refractivity contribution is -0.384. The maximum atomic E-state index is 12.3. The fourth-order valence-corrected chi connectivity index (χ4v) is 3.58. The highest BCUT2D eigenvalue weighted by Gasteiger charge is 2.18. The van der Waals surface area contributed by atoms with E-state index < -0.39 is 14.8 Å². The molecule has 0 fully saturated rings. The second kappa shape index (κ2) is 5.42. The van der Waals surface area contributed by atoms with Crippen molar-refractivity contribution in [3.05, 3.63) is 69.8 Å². The van der Waals surface area contributed by atoms with Crippen LogP contribution < -0.4 is 0 Å². The summed E-state index contributed by atoms with van der Waals surface area (Å²) in [5.41, 5.74) is 0.961. The van der Waals surface area contributed by atoms with Gasteiger partial charge in [-0.05, 0) is 24.1 Å². The van der Waals surface area contributed by atoms with Crippen molar-refractivity contribution >= 4 is 15.5 Å². The highest BCUT2D eigenvalue weighted by Crippen LogP contribution is 2.21. The molecule has 0 N–H and O–H groups in total. The molecule has 0 aromatic heterocycles. The van der Waals surface area contributed by atoms with Crippen LogP contribution in [0.4, 0.5) is 5.69 Å². The SMILES string of the molecule is Cc1ccccc1S(=O)(=O)Cc1cccc([N+](=O)[O-])c1. The van der Waals surface area contributed by atoms with Crippen molar-refractivity contribution in [1.82, 2.24) is 0 Å². The van der Waals surface area contributed by atoms with Crippen LogP contribution in [0.3, 0.4) is 0 Å². The van der Waals surface area contributed by atoms with Crippen molar-refractivity contribution in [1.29, 1.82) is 0 Å². The maximum absolute atomic E-state index is 12.3. The molecule has 0 saturated carbocycles. The fourth-order valence-electron chi connectivity index (χ4n) is 1.96. The first-order valence-corrected chi connectivity index (χ1v) is 7.57. The maximum Gasteiger partial charge on any atom is 0.269 e. The van der Waals surface area contributed by atoms with Gasteiger partial charge in [0, 0.05) is 12.1 Å². The van der Waals surface area contributed by atoms with Gasteiger partial charge in [-0.25, -0.2) is 8.42 Å². The smallest absolute Gasteiger partial charge is 0.258 e. The van der Waals surface area contributed by atoms with E-state index in [-0.39, 0.29) is 16.3 Å². The molecule has 0 amide bonds. The van der Waals surface area contributed by atoms with Crippen LogP contribution in [0.15, 0.2) is 53.4 Å². The minimum absolute atomic E-state index is 0.109. The third-order valence-electron chi connectivity index (χ3n) is 2.91. The van der Waals surface area contributed by atoms with Crippen LogP contribution in [0.25, 0.3) is 0 Å². The van der Waals surface area contributed by atoms with E-state index in [0.717, 1.165) is 0 Å². The predicted octanol–water partition coefficient (Wildman–Crippen LogP) is 2.88. The van der Waals surface area contributed by atoms with Crippen molar-refractivity contribution in [2.45, 2.75) is 17.6 Å². The molecule has 0 saturated heterocycles. The lowest BCUT2D eigenvalue weighted by Gasteiger charge is -2.07. The molecule has 6 heteroatoms. The van der Waals surface area contributed by atoms with Crippen LogP contribution in [0.5, 0.6) is 0 Å². The van der Waals surface area contributed by atoms with E-state index in [0.29, 0.717) is 11.1 Å². The Labute approximate surface area is 116 Å². The van der Waals surface area contributed by atoms with Crippen LogP contribution in [-0.2, 0) is 15.6 Å². The summed E-state index contributed by atoms with van der Waals surface area (Å²) in [6.07, 6.45) is 0. The van der Waals surface area contributed by atoms with Gasteiger partial charge in [-0.2, -0.15) is 0 Å². The van der Waals surface area contributed by atoms with Crippen molar-refractivity contribution in [2.24, 2.45) is 0 Å².